The van der Waals surface area contributed by atoms with Crippen LogP contribution in [-0.4, -0.2) is 35.6 Å². The van der Waals surface area contributed by atoms with Crippen LogP contribution in [0.5, 0.6) is 0 Å². The van der Waals surface area contributed by atoms with Gasteiger partial charge in [0.15, 0.2) is 0 Å². The number of hydrogen-bond donors (Lipinski definition) is 1. The van der Waals surface area contributed by atoms with Gasteiger partial charge in [0.25, 0.3) is 0 Å². The van der Waals surface area contributed by atoms with E-state index in [1.165, 1.54) is 19.3 Å². The molecule has 0 aromatic carbocycles. The summed E-state index contributed by atoms with van der Waals surface area (Å²) in [7, 11) is 0. The van der Waals surface area contributed by atoms with Crippen molar-refractivity contribution in [1.82, 2.24) is 10.2 Å². The van der Waals surface area contributed by atoms with Crippen molar-refractivity contribution in [3.05, 3.63) is 0 Å². The second kappa shape index (κ2) is 9.34. The van der Waals surface area contributed by atoms with Crippen LogP contribution in [0.25, 0.3) is 0 Å². The maximum Gasteiger partial charge on any atom is 0.105 e. The van der Waals surface area contributed by atoms with Gasteiger partial charge < -0.3 is 4.90 Å². The minimum absolute atomic E-state index is 0.345. The highest BCUT2D eigenvalue weighted by Gasteiger charge is 2.25. The minimum atomic E-state index is -0.411. The molecule has 0 aromatic rings. The van der Waals surface area contributed by atoms with Crippen LogP contribution in [-0.2, 0) is 0 Å². The van der Waals surface area contributed by atoms with Crippen molar-refractivity contribution in [2.24, 2.45) is 0 Å². The Morgan fingerprint density at radius 3 is 2.26 bits per heavy atom. The number of nitriles is 1. The standard InChI is InChI=1S/C16H33N3/c1-7-9-11-19(15(5)8-2)12-10-16(6,13-17)18-14(3)4/h14-15,18H,7-12H2,1-6H3. The molecule has 0 aliphatic rings. The molecule has 0 amide bonds. The third kappa shape index (κ3) is 7.54. The summed E-state index contributed by atoms with van der Waals surface area (Å²) < 4.78 is 0. The Balaban J connectivity index is 4.46. The van der Waals surface area contributed by atoms with Crippen molar-refractivity contribution in [2.75, 3.05) is 13.1 Å². The first-order valence-corrected chi connectivity index (χ1v) is 7.81. The molecule has 3 nitrogen and oxygen atoms in total. The van der Waals surface area contributed by atoms with Gasteiger partial charge in [0.1, 0.15) is 5.54 Å². The van der Waals surface area contributed by atoms with E-state index in [2.05, 4.69) is 50.9 Å². The topological polar surface area (TPSA) is 39.1 Å². The molecule has 19 heavy (non-hydrogen) atoms. The predicted molar refractivity (Wildman–Crippen MR) is 83.1 cm³/mol. The SMILES string of the molecule is CCCCN(CCC(C)(C#N)NC(C)C)C(C)CC. The Hall–Kier alpha value is -0.590. The Morgan fingerprint density at radius 1 is 1.21 bits per heavy atom. The molecule has 112 valence electrons. The molecule has 0 bridgehead atoms. The average molecular weight is 267 g/mol. The van der Waals surface area contributed by atoms with Crippen molar-refractivity contribution in [3.8, 4) is 6.07 Å². The number of nitrogens with zero attached hydrogens (tertiary/aromatic N) is 2. The van der Waals surface area contributed by atoms with E-state index in [0.29, 0.717) is 12.1 Å². The van der Waals surface area contributed by atoms with Gasteiger partial charge in [-0.15, -0.1) is 0 Å². The zero-order valence-electron chi connectivity index (χ0n) is 13.8. The van der Waals surface area contributed by atoms with Crippen LogP contribution in [0, 0.1) is 11.3 Å². The molecule has 0 radical (unpaired) electrons. The summed E-state index contributed by atoms with van der Waals surface area (Å²) in [5.74, 6) is 0. The van der Waals surface area contributed by atoms with Crippen molar-refractivity contribution < 1.29 is 0 Å². The largest absolute Gasteiger partial charge is 0.301 e. The van der Waals surface area contributed by atoms with E-state index in [0.717, 1.165) is 19.5 Å². The van der Waals surface area contributed by atoms with Gasteiger partial charge in [0.2, 0.25) is 0 Å². The van der Waals surface area contributed by atoms with E-state index >= 15 is 0 Å². The van der Waals surface area contributed by atoms with E-state index in [1.807, 2.05) is 6.92 Å². The summed E-state index contributed by atoms with van der Waals surface area (Å²) in [6, 6.07) is 3.39. The lowest BCUT2D eigenvalue weighted by Gasteiger charge is -2.33. The Labute approximate surface area is 120 Å². The number of rotatable bonds is 10. The van der Waals surface area contributed by atoms with Gasteiger partial charge in [0.05, 0.1) is 6.07 Å². The second-order valence-electron chi connectivity index (χ2n) is 6.14. The fourth-order valence-electron chi connectivity index (χ4n) is 2.34. The minimum Gasteiger partial charge on any atom is -0.301 e. The van der Waals surface area contributed by atoms with Crippen molar-refractivity contribution in [2.45, 2.75) is 84.8 Å². The molecule has 0 rings (SSSR count). The lowest BCUT2D eigenvalue weighted by Crippen LogP contribution is -2.48. The van der Waals surface area contributed by atoms with Crippen LogP contribution in [0.2, 0.25) is 0 Å². The van der Waals surface area contributed by atoms with Crippen molar-refractivity contribution in [1.29, 1.82) is 5.26 Å². The lowest BCUT2D eigenvalue weighted by atomic mass is 9.97. The average Bonchev–Trinajstić information content (AvgIpc) is 2.37. The first-order chi connectivity index (χ1) is 8.88. The molecule has 1 N–H and O–H groups in total. The summed E-state index contributed by atoms with van der Waals surface area (Å²) >= 11 is 0. The number of hydrogen-bond acceptors (Lipinski definition) is 3. The highest BCUT2D eigenvalue weighted by Crippen LogP contribution is 2.14. The van der Waals surface area contributed by atoms with Gasteiger partial charge in [0, 0.05) is 18.6 Å². The fraction of sp³-hybridized carbons (Fsp3) is 0.938. The smallest absolute Gasteiger partial charge is 0.105 e. The van der Waals surface area contributed by atoms with Gasteiger partial charge in [-0.2, -0.15) is 5.26 Å². The summed E-state index contributed by atoms with van der Waals surface area (Å²) in [4.78, 5) is 2.53. The van der Waals surface area contributed by atoms with Crippen LogP contribution >= 0.6 is 0 Å². The van der Waals surface area contributed by atoms with Gasteiger partial charge in [-0.1, -0.05) is 20.3 Å². The third-order valence-corrected chi connectivity index (χ3v) is 3.77. The van der Waals surface area contributed by atoms with Crippen LogP contribution < -0.4 is 5.32 Å². The molecule has 0 aliphatic carbocycles. The van der Waals surface area contributed by atoms with Crippen molar-refractivity contribution in [3.63, 3.8) is 0 Å². The number of unbranched alkanes of at least 4 members (excludes halogenated alkanes) is 1. The highest BCUT2D eigenvalue weighted by molar-refractivity contribution is 5.04. The van der Waals surface area contributed by atoms with E-state index in [1.54, 1.807) is 0 Å². The zero-order chi connectivity index (χ0) is 14.9. The van der Waals surface area contributed by atoms with Crippen LogP contribution in [0.15, 0.2) is 0 Å². The molecule has 2 atom stereocenters. The van der Waals surface area contributed by atoms with Crippen LogP contribution in [0.4, 0.5) is 0 Å². The third-order valence-electron chi connectivity index (χ3n) is 3.77. The Bertz CT molecular complexity index is 270. The van der Waals surface area contributed by atoms with E-state index in [-0.39, 0.29) is 0 Å². The summed E-state index contributed by atoms with van der Waals surface area (Å²) in [6.07, 6.45) is 4.53. The summed E-state index contributed by atoms with van der Waals surface area (Å²) in [5, 5.41) is 12.8. The predicted octanol–water partition coefficient (Wildman–Crippen LogP) is 3.56. The molecule has 2 unspecified atom stereocenters. The fourth-order valence-corrected chi connectivity index (χ4v) is 2.34. The quantitative estimate of drug-likeness (QED) is 0.658. The molecule has 0 fully saturated rings. The zero-order valence-corrected chi connectivity index (χ0v) is 13.8. The van der Waals surface area contributed by atoms with Crippen LogP contribution in [0.3, 0.4) is 0 Å². The van der Waals surface area contributed by atoms with Gasteiger partial charge >= 0.3 is 0 Å². The Kier molecular flexibility index (Phi) is 9.05. The number of nitrogens with one attached hydrogen (secondary N) is 1. The maximum atomic E-state index is 9.39. The molecule has 0 saturated heterocycles. The van der Waals surface area contributed by atoms with Gasteiger partial charge in [-0.25, -0.2) is 0 Å². The van der Waals surface area contributed by atoms with Gasteiger partial charge in [-0.3, -0.25) is 5.32 Å². The maximum absolute atomic E-state index is 9.39. The molecule has 0 aliphatic heterocycles. The molecule has 0 aromatic heterocycles. The van der Waals surface area contributed by atoms with Crippen molar-refractivity contribution >= 4 is 0 Å². The van der Waals surface area contributed by atoms with E-state index < -0.39 is 5.54 Å². The molecule has 3 heteroatoms. The molecule has 0 spiro atoms. The second-order valence-corrected chi connectivity index (χ2v) is 6.14. The van der Waals surface area contributed by atoms with E-state index in [4.69, 9.17) is 0 Å². The molecular weight excluding hydrogens is 234 g/mol. The summed E-state index contributed by atoms with van der Waals surface area (Å²) in [6.45, 7) is 15.1. The van der Waals surface area contributed by atoms with E-state index in [9.17, 15) is 5.26 Å². The highest BCUT2D eigenvalue weighted by atomic mass is 15.2. The first-order valence-electron chi connectivity index (χ1n) is 7.81. The first kappa shape index (κ1) is 18.4. The molecular formula is C16H33N3. The van der Waals surface area contributed by atoms with Gasteiger partial charge in [-0.05, 0) is 53.5 Å². The normalized spacial score (nSPS) is 16.4. The van der Waals surface area contributed by atoms with Crippen LogP contribution in [0.1, 0.15) is 67.2 Å². The lowest BCUT2D eigenvalue weighted by molar-refractivity contribution is 0.182. The monoisotopic (exact) mass is 267 g/mol. The molecule has 0 saturated carbocycles. The summed E-state index contributed by atoms with van der Waals surface area (Å²) in [5.41, 5.74) is -0.411. The molecule has 0 heterocycles. The Morgan fingerprint density at radius 2 is 1.84 bits per heavy atom.